The van der Waals surface area contributed by atoms with Crippen LogP contribution in [0.3, 0.4) is 0 Å². The van der Waals surface area contributed by atoms with Crippen LogP contribution >= 0.6 is 11.8 Å². The molecule has 1 aromatic heterocycles. The molecule has 0 fully saturated rings. The van der Waals surface area contributed by atoms with Crippen molar-refractivity contribution in [2.75, 3.05) is 0 Å². The monoisotopic (exact) mass is 263 g/mol. The highest BCUT2D eigenvalue weighted by Gasteiger charge is 2.31. The van der Waals surface area contributed by atoms with Crippen LogP contribution in [0.15, 0.2) is 65.3 Å². The van der Waals surface area contributed by atoms with Gasteiger partial charge in [0, 0.05) is 12.4 Å². The Morgan fingerprint density at radius 3 is 2.79 bits per heavy atom. The molecule has 0 saturated carbocycles. The number of hydrogen-bond donors (Lipinski definition) is 0. The number of hydrogen-bond acceptors (Lipinski definition) is 2. The highest BCUT2D eigenvalue weighted by atomic mass is 32.2. The zero-order valence-electron chi connectivity index (χ0n) is 10.4. The predicted octanol–water partition coefficient (Wildman–Crippen LogP) is 4.39. The Morgan fingerprint density at radius 1 is 1.05 bits per heavy atom. The Bertz CT molecular complexity index is 685. The molecule has 0 saturated heterocycles. The standard InChI is InChI=1S/C17H13NS/c1-2-4-15-13(3-1)10-16-14(11-19-17(15)16)9-12-5-7-18-8-6-12/h1-8,10-11,17H,9H2. The summed E-state index contributed by atoms with van der Waals surface area (Å²) < 4.78 is 0. The summed E-state index contributed by atoms with van der Waals surface area (Å²) in [5.74, 6) is 0. The lowest BCUT2D eigenvalue weighted by Gasteiger charge is -2.09. The molecule has 1 unspecified atom stereocenters. The first kappa shape index (κ1) is 11.1. The first-order chi connectivity index (χ1) is 9.42. The number of allylic oxidation sites excluding steroid dienone is 1. The molecule has 2 aromatic rings. The smallest absolute Gasteiger partial charge is 0.0597 e. The van der Waals surface area contributed by atoms with Crippen LogP contribution < -0.4 is 0 Å². The van der Waals surface area contributed by atoms with Gasteiger partial charge in [0.1, 0.15) is 0 Å². The average Bonchev–Trinajstić information content (AvgIpc) is 3.00. The molecule has 2 aliphatic rings. The van der Waals surface area contributed by atoms with E-state index in [9.17, 15) is 0 Å². The molecule has 0 bridgehead atoms. The summed E-state index contributed by atoms with van der Waals surface area (Å²) in [5, 5.41) is 2.85. The first-order valence-electron chi connectivity index (χ1n) is 6.46. The summed E-state index contributed by atoms with van der Waals surface area (Å²) in [4.78, 5) is 4.08. The van der Waals surface area contributed by atoms with Gasteiger partial charge in [0.15, 0.2) is 0 Å². The second-order valence-corrected chi connectivity index (χ2v) is 5.90. The van der Waals surface area contributed by atoms with E-state index >= 15 is 0 Å². The summed E-state index contributed by atoms with van der Waals surface area (Å²) in [5.41, 5.74) is 7.12. The van der Waals surface area contributed by atoms with Gasteiger partial charge in [0.2, 0.25) is 0 Å². The fourth-order valence-electron chi connectivity index (χ4n) is 2.78. The van der Waals surface area contributed by atoms with E-state index < -0.39 is 0 Å². The maximum absolute atomic E-state index is 4.08. The van der Waals surface area contributed by atoms with Crippen molar-refractivity contribution in [3.63, 3.8) is 0 Å². The van der Waals surface area contributed by atoms with Crippen molar-refractivity contribution in [1.29, 1.82) is 0 Å². The third-order valence-corrected chi connectivity index (χ3v) is 4.93. The molecule has 1 nitrogen and oxygen atoms in total. The minimum atomic E-state index is 0.521. The Hall–Kier alpha value is -1.80. The summed E-state index contributed by atoms with van der Waals surface area (Å²) >= 11 is 1.94. The number of benzene rings is 1. The van der Waals surface area contributed by atoms with Gasteiger partial charge in [-0.15, -0.1) is 11.8 Å². The number of pyridine rings is 1. The summed E-state index contributed by atoms with van der Waals surface area (Å²) in [7, 11) is 0. The molecule has 19 heavy (non-hydrogen) atoms. The van der Waals surface area contributed by atoms with Crippen molar-refractivity contribution in [3.8, 4) is 0 Å². The fourth-order valence-corrected chi connectivity index (χ4v) is 4.03. The number of thioether (sulfide) groups is 1. The highest BCUT2D eigenvalue weighted by molar-refractivity contribution is 8.02. The molecule has 0 radical (unpaired) electrons. The van der Waals surface area contributed by atoms with Crippen molar-refractivity contribution >= 4 is 17.8 Å². The lowest BCUT2D eigenvalue weighted by Crippen LogP contribution is -1.94. The van der Waals surface area contributed by atoms with Gasteiger partial charge < -0.3 is 0 Å². The van der Waals surface area contributed by atoms with Crippen LogP contribution in [0, 0.1) is 0 Å². The third-order valence-electron chi connectivity index (χ3n) is 3.73. The maximum Gasteiger partial charge on any atom is 0.0597 e. The first-order valence-corrected chi connectivity index (χ1v) is 7.40. The minimum Gasteiger partial charge on any atom is -0.265 e. The molecule has 0 amide bonds. The van der Waals surface area contributed by atoms with Gasteiger partial charge in [-0.25, -0.2) is 0 Å². The van der Waals surface area contributed by atoms with Crippen molar-refractivity contribution in [2.24, 2.45) is 0 Å². The second-order valence-electron chi connectivity index (χ2n) is 4.92. The third kappa shape index (κ3) is 1.83. The van der Waals surface area contributed by atoms with E-state index in [0.717, 1.165) is 6.42 Å². The zero-order chi connectivity index (χ0) is 12.7. The van der Waals surface area contributed by atoms with Crippen LogP contribution in [-0.2, 0) is 6.42 Å². The Labute approximate surface area is 117 Å². The number of fused-ring (bicyclic) bond motifs is 3. The van der Waals surface area contributed by atoms with E-state index in [2.05, 4.69) is 52.9 Å². The molecule has 0 N–H and O–H groups in total. The number of rotatable bonds is 2. The molecule has 1 aromatic carbocycles. The maximum atomic E-state index is 4.08. The second kappa shape index (κ2) is 4.39. The topological polar surface area (TPSA) is 12.9 Å². The Balaban J connectivity index is 1.65. The van der Waals surface area contributed by atoms with E-state index in [0.29, 0.717) is 5.25 Å². The van der Waals surface area contributed by atoms with Gasteiger partial charge in [0.25, 0.3) is 0 Å². The van der Waals surface area contributed by atoms with Crippen LogP contribution in [0.5, 0.6) is 0 Å². The molecule has 2 heteroatoms. The van der Waals surface area contributed by atoms with Crippen LogP contribution in [0.25, 0.3) is 6.08 Å². The summed E-state index contributed by atoms with van der Waals surface area (Å²) in [6.07, 6.45) is 7.10. The van der Waals surface area contributed by atoms with Crippen LogP contribution in [0.4, 0.5) is 0 Å². The average molecular weight is 263 g/mol. The van der Waals surface area contributed by atoms with Gasteiger partial charge >= 0.3 is 0 Å². The molecule has 1 aliphatic carbocycles. The fraction of sp³-hybridized carbons (Fsp3) is 0.118. The molecule has 2 heterocycles. The Morgan fingerprint density at radius 2 is 1.89 bits per heavy atom. The van der Waals surface area contributed by atoms with E-state index in [4.69, 9.17) is 0 Å². The number of nitrogens with zero attached hydrogens (tertiary/aromatic N) is 1. The van der Waals surface area contributed by atoms with E-state index in [1.807, 2.05) is 24.2 Å². The largest absolute Gasteiger partial charge is 0.265 e. The molecule has 1 atom stereocenters. The van der Waals surface area contributed by atoms with Gasteiger partial charge in [-0.2, -0.15) is 0 Å². The molecular weight excluding hydrogens is 250 g/mol. The predicted molar refractivity (Wildman–Crippen MR) is 80.8 cm³/mol. The lowest BCUT2D eigenvalue weighted by molar-refractivity contribution is 1.10. The van der Waals surface area contributed by atoms with E-state index in [-0.39, 0.29) is 0 Å². The van der Waals surface area contributed by atoms with Crippen molar-refractivity contribution in [2.45, 2.75) is 11.7 Å². The van der Waals surface area contributed by atoms with Crippen molar-refractivity contribution in [3.05, 3.63) is 82.0 Å². The molecular formula is C17H13NS. The van der Waals surface area contributed by atoms with E-state index in [1.54, 1.807) is 0 Å². The summed E-state index contributed by atoms with van der Waals surface area (Å²) in [6.45, 7) is 0. The Kier molecular flexibility index (Phi) is 2.56. The van der Waals surface area contributed by atoms with Gasteiger partial charge in [0.05, 0.1) is 5.25 Å². The number of aromatic nitrogens is 1. The summed E-state index contributed by atoms with van der Waals surface area (Å²) in [6, 6.07) is 12.9. The lowest BCUT2D eigenvalue weighted by atomic mass is 9.99. The van der Waals surface area contributed by atoms with Crippen molar-refractivity contribution in [1.82, 2.24) is 4.98 Å². The van der Waals surface area contributed by atoms with Crippen LogP contribution in [0.1, 0.15) is 21.9 Å². The SMILES string of the molecule is C1=C(Cc2ccncc2)C2=Cc3ccccc3C2S1. The minimum absolute atomic E-state index is 0.521. The van der Waals surface area contributed by atoms with Crippen LogP contribution in [-0.4, -0.2) is 4.98 Å². The normalized spacial score (nSPS) is 19.7. The van der Waals surface area contributed by atoms with Gasteiger partial charge in [-0.3, -0.25) is 4.98 Å². The molecule has 1 aliphatic heterocycles. The quantitative estimate of drug-likeness (QED) is 0.797. The van der Waals surface area contributed by atoms with E-state index in [1.165, 1.54) is 27.8 Å². The highest BCUT2D eigenvalue weighted by Crippen LogP contribution is 2.52. The van der Waals surface area contributed by atoms with Gasteiger partial charge in [-0.1, -0.05) is 24.3 Å². The zero-order valence-corrected chi connectivity index (χ0v) is 11.2. The van der Waals surface area contributed by atoms with Crippen LogP contribution in [0.2, 0.25) is 0 Å². The van der Waals surface area contributed by atoms with Gasteiger partial charge in [-0.05, 0) is 57.9 Å². The van der Waals surface area contributed by atoms with Crippen molar-refractivity contribution < 1.29 is 0 Å². The molecule has 0 spiro atoms. The molecule has 92 valence electrons. The molecule has 4 rings (SSSR count).